The Labute approximate surface area is 99.3 Å². The second kappa shape index (κ2) is 6.27. The maximum Gasteiger partial charge on any atom is 0.230 e. The smallest absolute Gasteiger partial charge is 0.230 e. The van der Waals surface area contributed by atoms with Crippen LogP contribution in [0.15, 0.2) is 5.16 Å². The van der Waals surface area contributed by atoms with Crippen molar-refractivity contribution >= 4 is 34.5 Å². The van der Waals surface area contributed by atoms with Gasteiger partial charge < -0.3 is 10.5 Å². The first-order chi connectivity index (χ1) is 6.94. The molecular weight excluding hydrogens is 232 g/mol. The average Bonchev–Trinajstić information content (AvgIpc) is 2.24. The van der Waals surface area contributed by atoms with Gasteiger partial charge in [0.1, 0.15) is 11.0 Å². The van der Waals surface area contributed by atoms with E-state index in [4.69, 9.17) is 5.21 Å². The molecule has 88 valence electrons. The van der Waals surface area contributed by atoms with Crippen molar-refractivity contribution in [2.45, 2.75) is 18.6 Å². The van der Waals surface area contributed by atoms with Gasteiger partial charge in [-0.05, 0) is 26.4 Å². The molecule has 4 nitrogen and oxygen atoms in total. The fraction of sp³-hybridized carbons (Fsp3) is 0.778. The molecule has 15 heavy (non-hydrogen) atoms. The maximum atomic E-state index is 11.7. The van der Waals surface area contributed by atoms with Crippen molar-refractivity contribution < 1.29 is 10.0 Å². The van der Waals surface area contributed by atoms with Crippen molar-refractivity contribution in [3.8, 4) is 0 Å². The van der Waals surface area contributed by atoms with Crippen molar-refractivity contribution in [2.75, 3.05) is 19.6 Å². The normalized spacial score (nSPS) is 14.9. The van der Waals surface area contributed by atoms with Crippen molar-refractivity contribution in [1.29, 1.82) is 0 Å². The van der Waals surface area contributed by atoms with Crippen LogP contribution < -0.4 is 5.32 Å². The van der Waals surface area contributed by atoms with Crippen LogP contribution in [-0.4, -0.2) is 40.5 Å². The summed E-state index contributed by atoms with van der Waals surface area (Å²) < 4.78 is -0.301. The first-order valence-corrected chi connectivity index (χ1v) is 6.92. The first kappa shape index (κ1) is 14.6. The Hall–Kier alpha value is -0.360. The highest BCUT2D eigenvalue weighted by molar-refractivity contribution is 8.13. The Bertz CT molecular complexity index is 254. The van der Waals surface area contributed by atoms with Crippen LogP contribution in [0.2, 0.25) is 0 Å². The van der Waals surface area contributed by atoms with Gasteiger partial charge in [-0.1, -0.05) is 5.16 Å². The van der Waals surface area contributed by atoms with Crippen LogP contribution in [0.5, 0.6) is 0 Å². The summed E-state index contributed by atoms with van der Waals surface area (Å²) in [6, 6.07) is 0. The number of hydrogen-bond donors (Lipinski definition) is 2. The zero-order chi connectivity index (χ0) is 12.1. The lowest BCUT2D eigenvalue weighted by Crippen LogP contribution is -2.44. The van der Waals surface area contributed by atoms with Gasteiger partial charge in [-0.25, -0.2) is 0 Å². The minimum Gasteiger partial charge on any atom is -0.410 e. The van der Waals surface area contributed by atoms with Crippen molar-refractivity contribution in [1.82, 2.24) is 5.32 Å². The van der Waals surface area contributed by atoms with Crippen LogP contribution in [0.25, 0.3) is 0 Å². The molecule has 0 heterocycles. The number of rotatable bonds is 4. The highest BCUT2D eigenvalue weighted by Crippen LogP contribution is 2.34. The van der Waals surface area contributed by atoms with Gasteiger partial charge in [0.2, 0.25) is 5.91 Å². The van der Waals surface area contributed by atoms with Crippen LogP contribution >= 0.6 is 23.5 Å². The number of carbonyl (C=O) groups excluding carboxylic acids is 1. The zero-order valence-corrected chi connectivity index (χ0v) is 11.3. The number of carbonyl (C=O) groups is 1. The van der Waals surface area contributed by atoms with Gasteiger partial charge in [0, 0.05) is 11.8 Å². The van der Waals surface area contributed by atoms with Crippen LogP contribution in [0.1, 0.15) is 13.8 Å². The summed E-state index contributed by atoms with van der Waals surface area (Å²) in [4.78, 5) is 11.7. The molecule has 0 saturated heterocycles. The van der Waals surface area contributed by atoms with Gasteiger partial charge in [-0.15, -0.1) is 11.8 Å². The molecule has 0 aromatic rings. The molecule has 2 N–H and O–H groups in total. The molecule has 0 rings (SSSR count). The molecule has 1 amide bonds. The summed E-state index contributed by atoms with van der Waals surface area (Å²) in [5, 5.41) is 15.1. The summed E-state index contributed by atoms with van der Waals surface area (Å²) >= 11 is 2.86. The summed E-state index contributed by atoms with van der Waals surface area (Å²) in [5.74, 6) is -0.561. The Morgan fingerprint density at radius 2 is 2.00 bits per heavy atom. The molecular formula is C9H18N2O2S2. The van der Waals surface area contributed by atoms with E-state index in [1.807, 2.05) is 20.1 Å². The fourth-order valence-electron chi connectivity index (χ4n) is 1.20. The third-order valence-electron chi connectivity index (χ3n) is 2.28. The van der Waals surface area contributed by atoms with E-state index in [1.54, 1.807) is 25.1 Å². The molecule has 0 fully saturated rings. The van der Waals surface area contributed by atoms with Gasteiger partial charge in [0.05, 0.1) is 0 Å². The monoisotopic (exact) mass is 250 g/mol. The number of thioether (sulfide) groups is 2. The number of oxime groups is 1. The molecule has 0 aliphatic rings. The molecule has 6 heteroatoms. The van der Waals surface area contributed by atoms with Crippen molar-refractivity contribution in [3.05, 3.63) is 0 Å². The molecule has 0 aromatic carbocycles. The standard InChI is InChI=1S/C9H18N2O2S2/c1-9(2,15-5)6(7(12)10-3)8(11-13)14-4/h6,13H,1-5H3,(H,10,12)/b11-8-. The number of nitrogens with zero attached hydrogens (tertiary/aromatic N) is 1. The largest absolute Gasteiger partial charge is 0.410 e. The lowest BCUT2D eigenvalue weighted by molar-refractivity contribution is -0.123. The van der Waals surface area contributed by atoms with E-state index in [0.29, 0.717) is 5.04 Å². The predicted octanol–water partition coefficient (Wildman–Crippen LogP) is 1.64. The van der Waals surface area contributed by atoms with E-state index in [0.717, 1.165) is 0 Å². The third-order valence-corrected chi connectivity index (χ3v) is 4.31. The molecule has 1 unspecified atom stereocenters. The van der Waals surface area contributed by atoms with Crippen molar-refractivity contribution in [2.24, 2.45) is 11.1 Å². The molecule has 1 atom stereocenters. The van der Waals surface area contributed by atoms with Crippen LogP contribution in [0.4, 0.5) is 0 Å². The van der Waals surface area contributed by atoms with Gasteiger partial charge >= 0.3 is 0 Å². The number of amides is 1. The maximum absolute atomic E-state index is 11.7. The highest BCUT2D eigenvalue weighted by atomic mass is 32.2. The SMILES string of the molecule is CNC(=O)C(/C(=N/O)SC)C(C)(C)SC. The number of nitrogens with one attached hydrogen (secondary N) is 1. The molecule has 0 radical (unpaired) electrons. The first-order valence-electron chi connectivity index (χ1n) is 4.47. The number of hydrogen-bond acceptors (Lipinski definition) is 5. The van der Waals surface area contributed by atoms with E-state index in [-0.39, 0.29) is 10.7 Å². The van der Waals surface area contributed by atoms with Crippen molar-refractivity contribution in [3.63, 3.8) is 0 Å². The quantitative estimate of drug-likeness (QED) is 0.345. The fourth-order valence-corrected chi connectivity index (χ4v) is 2.45. The van der Waals surface area contributed by atoms with Gasteiger partial charge in [0.25, 0.3) is 0 Å². The molecule has 0 aromatic heterocycles. The molecule has 0 aliphatic heterocycles. The van der Waals surface area contributed by atoms with Gasteiger partial charge in [0.15, 0.2) is 0 Å². The minimum absolute atomic E-state index is 0.128. The molecule has 0 aliphatic carbocycles. The Balaban J connectivity index is 5.14. The molecule has 0 spiro atoms. The zero-order valence-electron chi connectivity index (χ0n) is 9.70. The molecule has 0 bridgehead atoms. The third kappa shape index (κ3) is 3.61. The van der Waals surface area contributed by atoms with E-state index < -0.39 is 5.92 Å². The van der Waals surface area contributed by atoms with E-state index in [9.17, 15) is 4.79 Å². The highest BCUT2D eigenvalue weighted by Gasteiger charge is 2.38. The summed E-state index contributed by atoms with van der Waals surface area (Å²) in [6.07, 6.45) is 3.73. The molecule has 0 saturated carbocycles. The predicted molar refractivity (Wildman–Crippen MR) is 67.9 cm³/mol. The van der Waals surface area contributed by atoms with Gasteiger partial charge in [-0.3, -0.25) is 4.79 Å². The second-order valence-corrected chi connectivity index (χ2v) is 5.78. The minimum atomic E-state index is -0.433. The summed E-state index contributed by atoms with van der Waals surface area (Å²) in [6.45, 7) is 3.91. The van der Waals surface area contributed by atoms with Gasteiger partial charge in [-0.2, -0.15) is 11.8 Å². The van der Waals surface area contributed by atoms with E-state index in [1.165, 1.54) is 11.8 Å². The van der Waals surface area contributed by atoms with Crippen LogP contribution in [0.3, 0.4) is 0 Å². The van der Waals surface area contributed by atoms with Crippen LogP contribution in [-0.2, 0) is 4.79 Å². The van der Waals surface area contributed by atoms with E-state index >= 15 is 0 Å². The summed E-state index contributed by atoms with van der Waals surface area (Å²) in [7, 11) is 1.58. The topological polar surface area (TPSA) is 61.7 Å². The Morgan fingerprint density at radius 3 is 2.27 bits per heavy atom. The van der Waals surface area contributed by atoms with E-state index in [2.05, 4.69) is 10.5 Å². The average molecular weight is 250 g/mol. The second-order valence-electron chi connectivity index (χ2n) is 3.50. The van der Waals surface area contributed by atoms with Crippen LogP contribution in [0, 0.1) is 5.92 Å². The lowest BCUT2D eigenvalue weighted by Gasteiger charge is -2.30. The Morgan fingerprint density at radius 1 is 1.47 bits per heavy atom. The lowest BCUT2D eigenvalue weighted by atomic mass is 9.95. The summed E-state index contributed by atoms with van der Waals surface area (Å²) in [5.41, 5.74) is 0. The Kier molecular flexibility index (Phi) is 6.12.